The van der Waals surface area contributed by atoms with E-state index in [1.807, 2.05) is 0 Å². The summed E-state index contributed by atoms with van der Waals surface area (Å²) in [4.78, 5) is 12.2. The fourth-order valence-corrected chi connectivity index (χ4v) is 2.41. The monoisotopic (exact) mass is 253 g/mol. The van der Waals surface area contributed by atoms with Crippen molar-refractivity contribution in [1.82, 2.24) is 5.32 Å². The molecule has 2 N–H and O–H groups in total. The molecule has 0 radical (unpaired) electrons. The normalized spacial score (nSPS) is 12.6. The standard InChI is InChI=1S/C12H12FNO2S/c1-7(15)6-14-12(16)11-5-8-4-9(13)2-3-10(8)17-11/h2-5,7,15H,6H2,1H3,(H,14,16). The van der Waals surface area contributed by atoms with Gasteiger partial charge < -0.3 is 10.4 Å². The zero-order chi connectivity index (χ0) is 12.4. The maximum absolute atomic E-state index is 13.0. The molecule has 0 saturated carbocycles. The Balaban J connectivity index is 2.21. The Morgan fingerprint density at radius 3 is 3.00 bits per heavy atom. The van der Waals surface area contributed by atoms with E-state index in [4.69, 9.17) is 5.11 Å². The third-order valence-corrected chi connectivity index (χ3v) is 3.38. The van der Waals surface area contributed by atoms with Crippen molar-refractivity contribution < 1.29 is 14.3 Å². The number of carbonyl (C=O) groups excluding carboxylic acids is 1. The summed E-state index contributed by atoms with van der Waals surface area (Å²) < 4.78 is 13.8. The van der Waals surface area contributed by atoms with Gasteiger partial charge in [-0.3, -0.25) is 4.79 Å². The summed E-state index contributed by atoms with van der Waals surface area (Å²) in [5.41, 5.74) is 0. The van der Waals surface area contributed by atoms with E-state index in [0.717, 1.165) is 10.1 Å². The highest BCUT2D eigenvalue weighted by Gasteiger charge is 2.10. The molecule has 1 heterocycles. The van der Waals surface area contributed by atoms with Crippen molar-refractivity contribution in [1.29, 1.82) is 0 Å². The topological polar surface area (TPSA) is 49.3 Å². The largest absolute Gasteiger partial charge is 0.392 e. The third kappa shape index (κ3) is 2.81. The number of fused-ring (bicyclic) bond motifs is 1. The predicted molar refractivity (Wildman–Crippen MR) is 65.8 cm³/mol. The minimum atomic E-state index is -0.578. The first-order chi connectivity index (χ1) is 8.06. The molecule has 0 bridgehead atoms. The molecule has 1 aromatic carbocycles. The first-order valence-electron chi connectivity index (χ1n) is 5.21. The quantitative estimate of drug-likeness (QED) is 0.880. The van der Waals surface area contributed by atoms with Gasteiger partial charge >= 0.3 is 0 Å². The first kappa shape index (κ1) is 12.0. The smallest absolute Gasteiger partial charge is 0.261 e. The average Bonchev–Trinajstić information content (AvgIpc) is 2.68. The SMILES string of the molecule is CC(O)CNC(=O)c1cc2cc(F)ccc2s1. The summed E-state index contributed by atoms with van der Waals surface area (Å²) in [5.74, 6) is -0.557. The van der Waals surface area contributed by atoms with Crippen LogP contribution in [-0.4, -0.2) is 23.7 Å². The van der Waals surface area contributed by atoms with E-state index in [0.29, 0.717) is 4.88 Å². The highest BCUT2D eigenvalue weighted by atomic mass is 32.1. The fraction of sp³-hybridized carbons (Fsp3) is 0.250. The second-order valence-electron chi connectivity index (χ2n) is 3.85. The van der Waals surface area contributed by atoms with Crippen LogP contribution < -0.4 is 5.32 Å². The molecule has 3 nitrogen and oxygen atoms in total. The van der Waals surface area contributed by atoms with Crippen LogP contribution in [0.1, 0.15) is 16.6 Å². The molecule has 0 aliphatic rings. The van der Waals surface area contributed by atoms with Crippen LogP contribution >= 0.6 is 11.3 Å². The molecule has 0 aliphatic heterocycles. The lowest BCUT2D eigenvalue weighted by atomic mass is 10.2. The summed E-state index contributed by atoms with van der Waals surface area (Å²) in [7, 11) is 0. The molecule has 1 atom stereocenters. The molecule has 0 spiro atoms. The Kier molecular flexibility index (Phi) is 3.40. The van der Waals surface area contributed by atoms with E-state index in [-0.39, 0.29) is 18.3 Å². The van der Waals surface area contributed by atoms with E-state index in [2.05, 4.69) is 5.32 Å². The van der Waals surface area contributed by atoms with Gasteiger partial charge in [-0.1, -0.05) is 0 Å². The van der Waals surface area contributed by atoms with Crippen LogP contribution in [0, 0.1) is 5.82 Å². The maximum Gasteiger partial charge on any atom is 0.261 e. The molecule has 2 aromatic rings. The number of amides is 1. The van der Waals surface area contributed by atoms with E-state index >= 15 is 0 Å². The van der Waals surface area contributed by atoms with Crippen molar-refractivity contribution in [3.8, 4) is 0 Å². The summed E-state index contributed by atoms with van der Waals surface area (Å²) >= 11 is 1.31. The molecule has 1 unspecified atom stereocenters. The molecule has 0 saturated heterocycles. The van der Waals surface area contributed by atoms with Gasteiger partial charge in [0, 0.05) is 11.2 Å². The van der Waals surface area contributed by atoms with E-state index in [1.54, 1.807) is 19.1 Å². The molecule has 17 heavy (non-hydrogen) atoms. The number of hydrogen-bond acceptors (Lipinski definition) is 3. The van der Waals surface area contributed by atoms with E-state index in [9.17, 15) is 9.18 Å². The summed E-state index contributed by atoms with van der Waals surface area (Å²) in [5, 5.41) is 12.4. The molecular formula is C12H12FNO2S. The Morgan fingerprint density at radius 1 is 1.53 bits per heavy atom. The molecule has 1 aromatic heterocycles. The number of carbonyl (C=O) groups is 1. The highest BCUT2D eigenvalue weighted by molar-refractivity contribution is 7.20. The van der Waals surface area contributed by atoms with Gasteiger partial charge in [0.05, 0.1) is 11.0 Å². The minimum absolute atomic E-state index is 0.210. The van der Waals surface area contributed by atoms with Crippen LogP contribution in [0.25, 0.3) is 10.1 Å². The second-order valence-corrected chi connectivity index (χ2v) is 4.94. The molecule has 2 rings (SSSR count). The Hall–Kier alpha value is -1.46. The predicted octanol–water partition coefficient (Wildman–Crippen LogP) is 2.15. The van der Waals surface area contributed by atoms with Crippen LogP contribution in [0.3, 0.4) is 0 Å². The molecule has 90 valence electrons. The van der Waals surface area contributed by atoms with Crippen LogP contribution in [0.2, 0.25) is 0 Å². The van der Waals surface area contributed by atoms with Crippen LogP contribution in [-0.2, 0) is 0 Å². The van der Waals surface area contributed by atoms with Crippen molar-refractivity contribution in [3.05, 3.63) is 35.0 Å². The van der Waals surface area contributed by atoms with Gasteiger partial charge in [-0.2, -0.15) is 0 Å². The zero-order valence-electron chi connectivity index (χ0n) is 9.24. The molecule has 0 fully saturated rings. The van der Waals surface area contributed by atoms with Crippen LogP contribution in [0.15, 0.2) is 24.3 Å². The summed E-state index contributed by atoms with van der Waals surface area (Å²) in [6.07, 6.45) is -0.578. The molecule has 1 amide bonds. The Bertz CT molecular complexity index is 550. The number of rotatable bonds is 3. The summed E-state index contributed by atoms with van der Waals surface area (Å²) in [6.45, 7) is 1.81. The Labute approximate surface area is 102 Å². The number of aliphatic hydroxyl groups is 1. The number of nitrogens with one attached hydrogen (secondary N) is 1. The van der Waals surface area contributed by atoms with Gasteiger partial charge in [0.2, 0.25) is 0 Å². The third-order valence-electron chi connectivity index (χ3n) is 2.26. The number of halogens is 1. The van der Waals surface area contributed by atoms with Crippen molar-refractivity contribution in [2.24, 2.45) is 0 Å². The molecular weight excluding hydrogens is 241 g/mol. The van der Waals surface area contributed by atoms with Gasteiger partial charge in [-0.15, -0.1) is 11.3 Å². The first-order valence-corrected chi connectivity index (χ1v) is 6.03. The second kappa shape index (κ2) is 4.81. The van der Waals surface area contributed by atoms with Crippen molar-refractivity contribution in [2.45, 2.75) is 13.0 Å². The lowest BCUT2D eigenvalue weighted by Crippen LogP contribution is -2.29. The maximum atomic E-state index is 13.0. The van der Waals surface area contributed by atoms with Crippen LogP contribution in [0.5, 0.6) is 0 Å². The van der Waals surface area contributed by atoms with Crippen molar-refractivity contribution in [3.63, 3.8) is 0 Å². The highest BCUT2D eigenvalue weighted by Crippen LogP contribution is 2.26. The number of hydrogen-bond donors (Lipinski definition) is 2. The van der Waals surface area contributed by atoms with Gasteiger partial charge in [-0.25, -0.2) is 4.39 Å². The number of aliphatic hydroxyl groups excluding tert-OH is 1. The average molecular weight is 253 g/mol. The van der Waals surface area contributed by atoms with Gasteiger partial charge in [0.25, 0.3) is 5.91 Å². The zero-order valence-corrected chi connectivity index (χ0v) is 10.1. The van der Waals surface area contributed by atoms with E-state index < -0.39 is 6.10 Å². The lowest BCUT2D eigenvalue weighted by Gasteiger charge is -2.04. The van der Waals surface area contributed by atoms with Crippen molar-refractivity contribution in [2.75, 3.05) is 6.54 Å². The van der Waals surface area contributed by atoms with Crippen molar-refractivity contribution >= 4 is 27.3 Å². The molecule has 5 heteroatoms. The molecule has 0 aliphatic carbocycles. The minimum Gasteiger partial charge on any atom is -0.392 e. The van der Waals surface area contributed by atoms with Crippen LogP contribution in [0.4, 0.5) is 4.39 Å². The number of thiophene rings is 1. The number of benzene rings is 1. The van der Waals surface area contributed by atoms with E-state index in [1.165, 1.54) is 23.5 Å². The fourth-order valence-electron chi connectivity index (χ4n) is 1.45. The van der Waals surface area contributed by atoms with Gasteiger partial charge in [-0.05, 0) is 36.6 Å². The summed E-state index contributed by atoms with van der Waals surface area (Å²) in [6, 6.07) is 6.08. The van der Waals surface area contributed by atoms with Gasteiger partial charge in [0.15, 0.2) is 0 Å². The van der Waals surface area contributed by atoms with Gasteiger partial charge in [0.1, 0.15) is 5.82 Å². The lowest BCUT2D eigenvalue weighted by molar-refractivity contribution is 0.0928. The Morgan fingerprint density at radius 2 is 2.29 bits per heavy atom.